The van der Waals surface area contributed by atoms with Gasteiger partial charge in [-0.2, -0.15) is 0 Å². The smallest absolute Gasteiger partial charge is 0.122 e. The Balaban J connectivity index is 1.92. The van der Waals surface area contributed by atoms with Gasteiger partial charge in [0.1, 0.15) is 11.5 Å². The Morgan fingerprint density at radius 1 is 0.960 bits per heavy atom. The predicted octanol–water partition coefficient (Wildman–Crippen LogP) is 6.13. The zero-order valence-electron chi connectivity index (χ0n) is 17.0. The molecule has 0 N–H and O–H groups in total. The fourth-order valence-electron chi connectivity index (χ4n) is 6.28. The van der Waals surface area contributed by atoms with Crippen LogP contribution in [0.25, 0.3) is 0 Å². The fraction of sp³-hybridized carbons (Fsp3) is 0.739. The zero-order chi connectivity index (χ0) is 18.2. The largest absolute Gasteiger partial charge is 0.497 e. The van der Waals surface area contributed by atoms with Crippen LogP contribution in [0, 0.1) is 28.6 Å². The van der Waals surface area contributed by atoms with Crippen LogP contribution in [0.3, 0.4) is 0 Å². The Labute approximate surface area is 154 Å². The molecular weight excluding hydrogens is 308 g/mol. The molecule has 4 atom stereocenters. The van der Waals surface area contributed by atoms with E-state index >= 15 is 0 Å². The van der Waals surface area contributed by atoms with E-state index in [1.165, 1.54) is 37.7 Å². The highest BCUT2D eigenvalue weighted by Crippen LogP contribution is 2.61. The molecule has 0 heterocycles. The summed E-state index contributed by atoms with van der Waals surface area (Å²) in [5.74, 6) is 4.18. The highest BCUT2D eigenvalue weighted by molar-refractivity contribution is 5.38. The summed E-state index contributed by atoms with van der Waals surface area (Å²) in [6.45, 7) is 10.1. The van der Waals surface area contributed by atoms with Gasteiger partial charge < -0.3 is 9.47 Å². The maximum Gasteiger partial charge on any atom is 0.122 e. The van der Waals surface area contributed by atoms with Gasteiger partial charge in [-0.25, -0.2) is 0 Å². The van der Waals surface area contributed by atoms with Gasteiger partial charge in [-0.3, -0.25) is 0 Å². The molecule has 0 aromatic heterocycles. The van der Waals surface area contributed by atoms with E-state index < -0.39 is 0 Å². The second-order valence-electron chi connectivity index (χ2n) is 9.49. The first-order valence-corrected chi connectivity index (χ1v) is 10.0. The van der Waals surface area contributed by atoms with Crippen LogP contribution in [0.2, 0.25) is 0 Å². The Bertz CT molecular complexity index is 584. The average molecular weight is 345 g/mol. The monoisotopic (exact) mass is 344 g/mol. The minimum absolute atomic E-state index is 0.454. The van der Waals surface area contributed by atoms with Crippen molar-refractivity contribution in [2.75, 3.05) is 14.2 Å². The highest BCUT2D eigenvalue weighted by Gasteiger charge is 2.53. The van der Waals surface area contributed by atoms with Gasteiger partial charge in [0.05, 0.1) is 14.2 Å². The first kappa shape index (κ1) is 18.6. The third kappa shape index (κ3) is 3.41. The molecule has 140 valence electrons. The van der Waals surface area contributed by atoms with E-state index in [0.29, 0.717) is 10.8 Å². The lowest BCUT2D eigenvalue weighted by Crippen LogP contribution is -2.51. The molecule has 25 heavy (non-hydrogen) atoms. The van der Waals surface area contributed by atoms with Crippen molar-refractivity contribution in [1.29, 1.82) is 0 Å². The van der Waals surface area contributed by atoms with Gasteiger partial charge in [-0.1, -0.05) is 40.5 Å². The Kier molecular flexibility index (Phi) is 5.10. The molecule has 0 saturated heterocycles. The molecule has 0 aliphatic heterocycles. The van der Waals surface area contributed by atoms with Gasteiger partial charge in [-0.05, 0) is 72.0 Å². The maximum atomic E-state index is 5.50. The summed E-state index contributed by atoms with van der Waals surface area (Å²) < 4.78 is 11.0. The summed E-state index contributed by atoms with van der Waals surface area (Å²) in [6, 6.07) is 6.38. The van der Waals surface area contributed by atoms with E-state index in [1.54, 1.807) is 14.2 Å². The number of rotatable bonds is 4. The van der Waals surface area contributed by atoms with Crippen LogP contribution in [0.1, 0.15) is 65.4 Å². The number of benzene rings is 1. The highest BCUT2D eigenvalue weighted by atomic mass is 16.5. The van der Waals surface area contributed by atoms with Crippen LogP contribution in [0.5, 0.6) is 11.5 Å². The SMILES string of the molecule is COc1cc(C[C@@H]2[C@H](C)CC[C@H]3C(C)(C)CCC[C@@]23C)cc(OC)c1. The summed E-state index contributed by atoms with van der Waals surface area (Å²) >= 11 is 0. The van der Waals surface area contributed by atoms with Gasteiger partial charge in [0.2, 0.25) is 0 Å². The van der Waals surface area contributed by atoms with E-state index in [9.17, 15) is 0 Å². The fourth-order valence-corrected chi connectivity index (χ4v) is 6.28. The van der Waals surface area contributed by atoms with E-state index in [1.807, 2.05) is 6.07 Å². The molecule has 2 fully saturated rings. The van der Waals surface area contributed by atoms with Crippen LogP contribution in [0.15, 0.2) is 18.2 Å². The van der Waals surface area contributed by atoms with Gasteiger partial charge in [-0.15, -0.1) is 0 Å². The van der Waals surface area contributed by atoms with E-state index in [2.05, 4.69) is 39.8 Å². The molecule has 3 rings (SSSR count). The summed E-state index contributed by atoms with van der Waals surface area (Å²) in [5, 5.41) is 0. The lowest BCUT2D eigenvalue weighted by atomic mass is 9.46. The lowest BCUT2D eigenvalue weighted by molar-refractivity contribution is -0.0930. The van der Waals surface area contributed by atoms with E-state index in [4.69, 9.17) is 9.47 Å². The third-order valence-electron chi connectivity index (χ3n) is 7.59. The summed E-state index contributed by atoms with van der Waals surface area (Å²) in [5.41, 5.74) is 2.30. The van der Waals surface area contributed by atoms with Crippen molar-refractivity contribution < 1.29 is 9.47 Å². The molecule has 1 aromatic rings. The van der Waals surface area contributed by atoms with Crippen LogP contribution < -0.4 is 9.47 Å². The van der Waals surface area contributed by atoms with Crippen LogP contribution >= 0.6 is 0 Å². The molecule has 0 amide bonds. The second kappa shape index (κ2) is 6.85. The normalized spacial score (nSPS) is 34.2. The van der Waals surface area contributed by atoms with Gasteiger partial charge in [0.15, 0.2) is 0 Å². The molecule has 0 bridgehead atoms. The topological polar surface area (TPSA) is 18.5 Å². The Hall–Kier alpha value is -1.18. The Morgan fingerprint density at radius 2 is 1.60 bits per heavy atom. The summed E-state index contributed by atoms with van der Waals surface area (Å²) in [4.78, 5) is 0. The zero-order valence-corrected chi connectivity index (χ0v) is 17.0. The molecule has 1 aromatic carbocycles. The quantitative estimate of drug-likeness (QED) is 0.654. The minimum Gasteiger partial charge on any atom is -0.497 e. The molecule has 2 aliphatic rings. The average Bonchev–Trinajstić information content (AvgIpc) is 2.57. The maximum absolute atomic E-state index is 5.50. The number of hydrogen-bond donors (Lipinski definition) is 0. The first-order chi connectivity index (χ1) is 11.8. The van der Waals surface area contributed by atoms with Crippen molar-refractivity contribution in [3.8, 4) is 11.5 Å². The first-order valence-electron chi connectivity index (χ1n) is 10.0. The standard InChI is InChI=1S/C23H36O2/c1-16-8-9-21-22(2,3)10-7-11-23(21,4)20(16)14-17-12-18(24-5)15-19(13-17)25-6/h12-13,15-16,20-21H,7-11,14H2,1-6H3/t16-,20-,21+,23+/m1/s1. The van der Waals surface area contributed by atoms with E-state index in [-0.39, 0.29) is 0 Å². The lowest BCUT2D eigenvalue weighted by Gasteiger charge is -2.59. The van der Waals surface area contributed by atoms with Crippen molar-refractivity contribution in [2.45, 2.75) is 66.2 Å². The van der Waals surface area contributed by atoms with E-state index in [0.717, 1.165) is 35.7 Å². The summed E-state index contributed by atoms with van der Waals surface area (Å²) in [7, 11) is 3.48. The number of ether oxygens (including phenoxy) is 2. The molecule has 2 nitrogen and oxygen atoms in total. The predicted molar refractivity (Wildman–Crippen MR) is 104 cm³/mol. The summed E-state index contributed by atoms with van der Waals surface area (Å²) in [6.07, 6.45) is 8.07. The van der Waals surface area contributed by atoms with Crippen LogP contribution in [-0.2, 0) is 6.42 Å². The van der Waals surface area contributed by atoms with Crippen molar-refractivity contribution in [2.24, 2.45) is 28.6 Å². The Morgan fingerprint density at radius 3 is 2.20 bits per heavy atom. The van der Waals surface area contributed by atoms with Crippen molar-refractivity contribution in [1.82, 2.24) is 0 Å². The molecule has 2 saturated carbocycles. The van der Waals surface area contributed by atoms with Crippen LogP contribution in [-0.4, -0.2) is 14.2 Å². The number of fused-ring (bicyclic) bond motifs is 1. The molecule has 2 heteroatoms. The molecule has 0 radical (unpaired) electrons. The van der Waals surface area contributed by atoms with Gasteiger partial charge >= 0.3 is 0 Å². The molecule has 0 unspecified atom stereocenters. The minimum atomic E-state index is 0.454. The van der Waals surface area contributed by atoms with Gasteiger partial charge in [0.25, 0.3) is 0 Å². The van der Waals surface area contributed by atoms with Crippen molar-refractivity contribution in [3.63, 3.8) is 0 Å². The number of hydrogen-bond acceptors (Lipinski definition) is 2. The van der Waals surface area contributed by atoms with Crippen LogP contribution in [0.4, 0.5) is 0 Å². The van der Waals surface area contributed by atoms with Gasteiger partial charge in [0, 0.05) is 6.07 Å². The molecule has 2 aliphatic carbocycles. The van der Waals surface area contributed by atoms with Crippen molar-refractivity contribution >= 4 is 0 Å². The second-order valence-corrected chi connectivity index (χ2v) is 9.49. The number of methoxy groups -OCH3 is 2. The molecule has 0 spiro atoms. The third-order valence-corrected chi connectivity index (χ3v) is 7.59. The molecular formula is C23H36O2. The van der Waals surface area contributed by atoms with Crippen molar-refractivity contribution in [3.05, 3.63) is 23.8 Å².